The first kappa shape index (κ1) is 20.1. The fourth-order valence-electron chi connectivity index (χ4n) is 2.99. The molecule has 0 bridgehead atoms. The molecular weight excluding hydrogens is 370 g/mol. The van der Waals surface area contributed by atoms with Crippen molar-refractivity contribution in [2.24, 2.45) is 0 Å². The Morgan fingerprint density at radius 1 is 0.966 bits per heavy atom. The van der Waals surface area contributed by atoms with Crippen molar-refractivity contribution in [2.45, 2.75) is 13.3 Å². The number of carbonyl (C=O) groups is 3. The van der Waals surface area contributed by atoms with Gasteiger partial charge in [0.1, 0.15) is 0 Å². The molecule has 1 amide bonds. The molecule has 0 saturated heterocycles. The van der Waals surface area contributed by atoms with E-state index in [1.807, 2.05) is 42.5 Å². The van der Waals surface area contributed by atoms with Gasteiger partial charge < -0.3 is 14.8 Å². The van der Waals surface area contributed by atoms with E-state index >= 15 is 0 Å². The van der Waals surface area contributed by atoms with Gasteiger partial charge in [-0.15, -0.1) is 0 Å². The third-order valence-corrected chi connectivity index (χ3v) is 4.51. The number of hydrogen-bond donors (Lipinski definition) is 1. The Morgan fingerprint density at radius 2 is 1.72 bits per heavy atom. The molecule has 0 aliphatic carbocycles. The van der Waals surface area contributed by atoms with Crippen LogP contribution in [0.15, 0.2) is 60.7 Å². The van der Waals surface area contributed by atoms with Gasteiger partial charge in [0.2, 0.25) is 0 Å². The van der Waals surface area contributed by atoms with E-state index in [2.05, 4.69) is 10.1 Å². The maximum atomic E-state index is 12.2. The van der Waals surface area contributed by atoms with Crippen LogP contribution in [-0.4, -0.2) is 31.6 Å². The summed E-state index contributed by atoms with van der Waals surface area (Å²) in [5, 5.41) is 4.67. The number of amides is 1. The van der Waals surface area contributed by atoms with Gasteiger partial charge in [-0.3, -0.25) is 9.59 Å². The molecule has 0 aliphatic rings. The minimum Gasteiger partial charge on any atom is -0.465 e. The van der Waals surface area contributed by atoms with E-state index in [0.29, 0.717) is 11.3 Å². The highest BCUT2D eigenvalue weighted by Gasteiger charge is 2.13. The summed E-state index contributed by atoms with van der Waals surface area (Å²) >= 11 is 0. The van der Waals surface area contributed by atoms with Crippen LogP contribution in [0.25, 0.3) is 10.8 Å². The molecular formula is C23H21NO5. The number of hydrogen-bond acceptors (Lipinski definition) is 5. The molecule has 29 heavy (non-hydrogen) atoms. The van der Waals surface area contributed by atoms with Crippen LogP contribution < -0.4 is 5.32 Å². The van der Waals surface area contributed by atoms with Gasteiger partial charge in [0, 0.05) is 5.69 Å². The van der Waals surface area contributed by atoms with Gasteiger partial charge in [0.05, 0.1) is 19.1 Å². The SMILES string of the molecule is COC(=O)c1ccc(C)c(NC(=O)COC(=O)Cc2cccc3ccccc23)c1. The van der Waals surface area contributed by atoms with Crippen molar-refractivity contribution in [2.75, 3.05) is 19.0 Å². The summed E-state index contributed by atoms with van der Waals surface area (Å²) in [6, 6.07) is 18.3. The third kappa shape index (κ3) is 4.99. The number of ether oxygens (including phenoxy) is 2. The van der Waals surface area contributed by atoms with Crippen molar-refractivity contribution in [3.8, 4) is 0 Å². The Morgan fingerprint density at radius 3 is 2.52 bits per heavy atom. The molecule has 6 heteroatoms. The topological polar surface area (TPSA) is 81.7 Å². The molecule has 0 spiro atoms. The predicted octanol–water partition coefficient (Wildman–Crippen LogP) is 3.66. The van der Waals surface area contributed by atoms with Crippen LogP contribution in [0.1, 0.15) is 21.5 Å². The maximum Gasteiger partial charge on any atom is 0.337 e. The summed E-state index contributed by atoms with van der Waals surface area (Å²) in [5.41, 5.74) is 2.40. The third-order valence-electron chi connectivity index (χ3n) is 4.51. The average Bonchev–Trinajstić information content (AvgIpc) is 2.73. The van der Waals surface area contributed by atoms with Crippen LogP contribution in [0.3, 0.4) is 0 Å². The molecule has 0 fully saturated rings. The summed E-state index contributed by atoms with van der Waals surface area (Å²) in [4.78, 5) is 36.0. The first-order valence-corrected chi connectivity index (χ1v) is 9.09. The maximum absolute atomic E-state index is 12.2. The molecule has 148 valence electrons. The minimum atomic E-state index is -0.498. The highest BCUT2D eigenvalue weighted by molar-refractivity contribution is 5.96. The number of methoxy groups -OCH3 is 1. The number of fused-ring (bicyclic) bond motifs is 1. The Bertz CT molecular complexity index is 1070. The zero-order chi connectivity index (χ0) is 20.8. The molecule has 6 nitrogen and oxygen atoms in total. The lowest BCUT2D eigenvalue weighted by Crippen LogP contribution is -2.22. The number of nitrogens with one attached hydrogen (secondary N) is 1. The van der Waals surface area contributed by atoms with Crippen molar-refractivity contribution < 1.29 is 23.9 Å². The largest absolute Gasteiger partial charge is 0.465 e. The Balaban J connectivity index is 1.59. The summed E-state index contributed by atoms with van der Waals surface area (Å²) in [5.74, 6) is -1.47. The van der Waals surface area contributed by atoms with E-state index in [1.54, 1.807) is 19.1 Å². The molecule has 3 aromatic carbocycles. The van der Waals surface area contributed by atoms with E-state index in [-0.39, 0.29) is 6.42 Å². The van der Waals surface area contributed by atoms with E-state index in [4.69, 9.17) is 4.74 Å². The zero-order valence-corrected chi connectivity index (χ0v) is 16.2. The summed E-state index contributed by atoms with van der Waals surface area (Å²) in [6.07, 6.45) is 0.0749. The summed E-state index contributed by atoms with van der Waals surface area (Å²) < 4.78 is 9.81. The van der Waals surface area contributed by atoms with Crippen molar-refractivity contribution in [3.63, 3.8) is 0 Å². The van der Waals surface area contributed by atoms with Crippen molar-refractivity contribution in [3.05, 3.63) is 77.4 Å². The van der Waals surface area contributed by atoms with Gasteiger partial charge in [0.15, 0.2) is 6.61 Å². The highest BCUT2D eigenvalue weighted by atomic mass is 16.5. The molecule has 0 aromatic heterocycles. The molecule has 0 saturated carbocycles. The smallest absolute Gasteiger partial charge is 0.337 e. The first-order valence-electron chi connectivity index (χ1n) is 9.09. The molecule has 0 radical (unpaired) electrons. The average molecular weight is 391 g/mol. The molecule has 0 aliphatic heterocycles. The summed E-state index contributed by atoms with van der Waals surface area (Å²) in [7, 11) is 1.29. The van der Waals surface area contributed by atoms with Crippen molar-refractivity contribution >= 4 is 34.3 Å². The van der Waals surface area contributed by atoms with E-state index in [9.17, 15) is 14.4 Å². The molecule has 3 aromatic rings. The van der Waals surface area contributed by atoms with Crippen molar-refractivity contribution in [1.82, 2.24) is 0 Å². The second kappa shape index (κ2) is 9.01. The van der Waals surface area contributed by atoms with E-state index in [1.165, 1.54) is 13.2 Å². The quantitative estimate of drug-likeness (QED) is 0.649. The van der Waals surface area contributed by atoms with Gasteiger partial charge in [-0.1, -0.05) is 48.5 Å². The lowest BCUT2D eigenvalue weighted by atomic mass is 10.0. The van der Waals surface area contributed by atoms with Gasteiger partial charge in [-0.2, -0.15) is 0 Å². The lowest BCUT2D eigenvalue weighted by molar-refractivity contribution is -0.146. The Hall–Kier alpha value is -3.67. The minimum absolute atomic E-state index is 0.0749. The molecule has 1 N–H and O–H groups in total. The van der Waals surface area contributed by atoms with Crippen LogP contribution in [0.2, 0.25) is 0 Å². The van der Waals surface area contributed by atoms with Crippen LogP contribution in [-0.2, 0) is 25.5 Å². The predicted molar refractivity (Wildman–Crippen MR) is 110 cm³/mol. The second-order valence-electron chi connectivity index (χ2n) is 6.55. The molecule has 0 atom stereocenters. The zero-order valence-electron chi connectivity index (χ0n) is 16.2. The van der Waals surface area contributed by atoms with E-state index < -0.39 is 24.5 Å². The molecule has 0 heterocycles. The van der Waals surface area contributed by atoms with Crippen LogP contribution in [0.4, 0.5) is 5.69 Å². The lowest BCUT2D eigenvalue weighted by Gasteiger charge is -2.11. The van der Waals surface area contributed by atoms with Crippen LogP contribution in [0.5, 0.6) is 0 Å². The number of esters is 2. The molecule has 0 unspecified atom stereocenters. The number of rotatable bonds is 6. The van der Waals surface area contributed by atoms with Crippen LogP contribution in [0, 0.1) is 6.92 Å². The standard InChI is InChI=1S/C23H21NO5/c1-15-10-11-18(23(27)28-2)12-20(15)24-21(25)14-29-22(26)13-17-8-5-7-16-6-3-4-9-19(16)17/h3-12H,13-14H2,1-2H3,(H,24,25). The summed E-state index contributed by atoms with van der Waals surface area (Å²) in [6.45, 7) is 1.38. The fraction of sp³-hybridized carbons (Fsp3) is 0.174. The second-order valence-corrected chi connectivity index (χ2v) is 6.55. The van der Waals surface area contributed by atoms with Crippen molar-refractivity contribution in [1.29, 1.82) is 0 Å². The van der Waals surface area contributed by atoms with Gasteiger partial charge >= 0.3 is 11.9 Å². The number of anilines is 1. The van der Waals surface area contributed by atoms with Gasteiger partial charge in [0.25, 0.3) is 5.91 Å². The number of carbonyl (C=O) groups excluding carboxylic acids is 3. The Labute approximate surface area is 168 Å². The number of benzene rings is 3. The highest BCUT2D eigenvalue weighted by Crippen LogP contribution is 2.20. The van der Waals surface area contributed by atoms with Gasteiger partial charge in [-0.25, -0.2) is 4.79 Å². The van der Waals surface area contributed by atoms with Crippen LogP contribution >= 0.6 is 0 Å². The monoisotopic (exact) mass is 391 g/mol. The van der Waals surface area contributed by atoms with E-state index in [0.717, 1.165) is 21.9 Å². The first-order chi connectivity index (χ1) is 14.0. The fourth-order valence-corrected chi connectivity index (χ4v) is 2.99. The van der Waals surface area contributed by atoms with Gasteiger partial charge in [-0.05, 0) is 41.0 Å². The molecule has 3 rings (SSSR count). The normalized spacial score (nSPS) is 10.4. The number of aryl methyl sites for hydroxylation is 1. The Kier molecular flexibility index (Phi) is 6.24.